The first kappa shape index (κ1) is 17.6. The van der Waals surface area contributed by atoms with Crippen molar-refractivity contribution >= 4 is 21.4 Å². The molecule has 3 rings (SSSR count). The van der Waals surface area contributed by atoms with E-state index in [1.165, 1.54) is 18.6 Å². The molecule has 0 aliphatic rings. The monoisotopic (exact) mass is 376 g/mol. The molecule has 0 saturated carbocycles. The van der Waals surface area contributed by atoms with Crippen LogP contribution in [0.2, 0.25) is 5.15 Å². The molecule has 25 heavy (non-hydrogen) atoms. The van der Waals surface area contributed by atoms with Gasteiger partial charge in [0, 0.05) is 24.2 Å². The van der Waals surface area contributed by atoms with Crippen molar-refractivity contribution in [3.05, 3.63) is 71.0 Å². The Balaban J connectivity index is 1.94. The van der Waals surface area contributed by atoms with E-state index in [2.05, 4.69) is 15.1 Å². The second kappa shape index (κ2) is 6.93. The summed E-state index contributed by atoms with van der Waals surface area (Å²) in [6, 6.07) is 9.35. The zero-order valence-electron chi connectivity index (χ0n) is 13.8. The number of benzene rings is 1. The second-order valence-corrected chi connectivity index (χ2v) is 8.36. The molecule has 0 spiro atoms. The first-order valence-corrected chi connectivity index (χ1v) is 9.76. The number of para-hydroxylation sites is 1. The number of nitrogens with zero attached hydrogens (tertiary/aromatic N) is 4. The molecule has 130 valence electrons. The summed E-state index contributed by atoms with van der Waals surface area (Å²) >= 11 is 6.43. The van der Waals surface area contributed by atoms with E-state index >= 15 is 0 Å². The molecule has 0 saturated heterocycles. The Bertz CT molecular complexity index is 973. The van der Waals surface area contributed by atoms with E-state index in [0.717, 1.165) is 5.69 Å². The second-order valence-electron chi connectivity index (χ2n) is 5.68. The van der Waals surface area contributed by atoms with Crippen LogP contribution in [0.25, 0.3) is 5.69 Å². The van der Waals surface area contributed by atoms with Gasteiger partial charge in [0.1, 0.15) is 10.4 Å². The molecule has 1 atom stereocenters. The van der Waals surface area contributed by atoms with Crippen LogP contribution in [-0.4, -0.2) is 28.2 Å². The molecule has 0 fully saturated rings. The molecule has 0 bridgehead atoms. The predicted octanol–water partition coefficient (Wildman–Crippen LogP) is 3.30. The Labute approximate surface area is 151 Å². The van der Waals surface area contributed by atoms with Crippen molar-refractivity contribution < 1.29 is 8.42 Å². The van der Waals surface area contributed by atoms with Crippen molar-refractivity contribution in [2.45, 2.75) is 24.9 Å². The van der Waals surface area contributed by atoms with E-state index in [1.807, 2.05) is 30.3 Å². The lowest BCUT2D eigenvalue weighted by molar-refractivity contribution is 0.583. The number of sulfone groups is 1. The molecular formula is C17H17ClN4O2S. The molecule has 3 aromatic rings. The van der Waals surface area contributed by atoms with E-state index in [-0.39, 0.29) is 5.75 Å². The fourth-order valence-corrected chi connectivity index (χ4v) is 4.37. The van der Waals surface area contributed by atoms with Crippen molar-refractivity contribution in [1.82, 2.24) is 19.7 Å². The minimum absolute atomic E-state index is 0.206. The van der Waals surface area contributed by atoms with Gasteiger partial charge in [-0.3, -0.25) is 9.97 Å². The van der Waals surface area contributed by atoms with Gasteiger partial charge >= 0.3 is 0 Å². The molecule has 1 aromatic carbocycles. The third-order valence-electron chi connectivity index (χ3n) is 4.01. The summed E-state index contributed by atoms with van der Waals surface area (Å²) in [5.74, 6) is -0.206. The zero-order valence-corrected chi connectivity index (χ0v) is 15.4. The van der Waals surface area contributed by atoms with Crippen LogP contribution in [0.3, 0.4) is 0 Å². The number of aryl methyl sites for hydroxylation is 1. The van der Waals surface area contributed by atoms with Crippen LogP contribution in [0, 0.1) is 6.92 Å². The van der Waals surface area contributed by atoms with Crippen LogP contribution in [0.5, 0.6) is 0 Å². The normalized spacial score (nSPS) is 12.9. The lowest BCUT2D eigenvalue weighted by atomic mass is 10.3. The minimum atomic E-state index is -3.52. The zero-order chi connectivity index (χ0) is 18.0. The van der Waals surface area contributed by atoms with Crippen LogP contribution >= 0.6 is 11.6 Å². The van der Waals surface area contributed by atoms with Crippen LogP contribution in [0.4, 0.5) is 0 Å². The first-order chi connectivity index (χ1) is 11.9. The summed E-state index contributed by atoms with van der Waals surface area (Å²) in [5, 5.41) is 3.91. The summed E-state index contributed by atoms with van der Waals surface area (Å²) in [6.07, 6.45) is 4.45. The maximum atomic E-state index is 12.8. The van der Waals surface area contributed by atoms with Gasteiger partial charge in [-0.05, 0) is 26.0 Å². The molecular weight excluding hydrogens is 360 g/mol. The van der Waals surface area contributed by atoms with E-state index in [9.17, 15) is 8.42 Å². The Kier molecular flexibility index (Phi) is 4.87. The fraction of sp³-hybridized carbons (Fsp3) is 0.235. The third kappa shape index (κ3) is 3.57. The highest BCUT2D eigenvalue weighted by molar-refractivity contribution is 7.90. The summed E-state index contributed by atoms with van der Waals surface area (Å²) in [7, 11) is -3.52. The van der Waals surface area contributed by atoms with E-state index in [0.29, 0.717) is 22.1 Å². The summed E-state index contributed by atoms with van der Waals surface area (Å²) < 4.78 is 27.1. The quantitative estimate of drug-likeness (QED) is 0.682. The maximum Gasteiger partial charge on any atom is 0.162 e. The summed E-state index contributed by atoms with van der Waals surface area (Å²) in [5.41, 5.74) is 2.28. The van der Waals surface area contributed by atoms with Crippen molar-refractivity contribution in [2.75, 3.05) is 0 Å². The number of hydrogen-bond acceptors (Lipinski definition) is 5. The molecule has 0 radical (unpaired) electrons. The number of aromatic nitrogens is 4. The number of rotatable bonds is 5. The number of halogens is 1. The van der Waals surface area contributed by atoms with Gasteiger partial charge in [-0.1, -0.05) is 29.8 Å². The highest BCUT2D eigenvalue weighted by atomic mass is 35.5. The summed E-state index contributed by atoms with van der Waals surface area (Å²) in [6.45, 7) is 3.35. The largest absolute Gasteiger partial charge is 0.261 e. The van der Waals surface area contributed by atoms with E-state index < -0.39 is 15.1 Å². The van der Waals surface area contributed by atoms with E-state index in [4.69, 9.17) is 11.6 Å². The lowest BCUT2D eigenvalue weighted by Crippen LogP contribution is -2.14. The standard InChI is InChI=1S/C17H17ClN4O2S/c1-12-15(17(18)22(21-12)14-6-4-3-5-7-14)11-25(23,24)13(2)16-10-19-8-9-20-16/h3-10,13H,11H2,1-2H3. The lowest BCUT2D eigenvalue weighted by Gasteiger charge is -2.12. The molecule has 2 heterocycles. The molecule has 0 aliphatic heterocycles. The van der Waals surface area contributed by atoms with Crippen LogP contribution in [-0.2, 0) is 15.6 Å². The van der Waals surface area contributed by atoms with Gasteiger partial charge in [-0.25, -0.2) is 13.1 Å². The predicted molar refractivity (Wildman–Crippen MR) is 96.4 cm³/mol. The average Bonchev–Trinajstić information content (AvgIpc) is 2.90. The van der Waals surface area contributed by atoms with Crippen molar-refractivity contribution in [3.63, 3.8) is 0 Å². The van der Waals surface area contributed by atoms with E-state index in [1.54, 1.807) is 18.5 Å². The van der Waals surface area contributed by atoms with Crippen LogP contribution in [0.1, 0.15) is 29.1 Å². The van der Waals surface area contributed by atoms with Crippen molar-refractivity contribution in [1.29, 1.82) is 0 Å². The highest BCUT2D eigenvalue weighted by Crippen LogP contribution is 2.29. The molecule has 8 heteroatoms. The van der Waals surface area contributed by atoms with Crippen LogP contribution in [0.15, 0.2) is 48.9 Å². The third-order valence-corrected chi connectivity index (χ3v) is 6.40. The minimum Gasteiger partial charge on any atom is -0.261 e. The number of hydrogen-bond donors (Lipinski definition) is 0. The molecule has 0 N–H and O–H groups in total. The van der Waals surface area contributed by atoms with Gasteiger partial charge < -0.3 is 0 Å². The first-order valence-electron chi connectivity index (χ1n) is 7.67. The van der Waals surface area contributed by atoms with Crippen LogP contribution < -0.4 is 0 Å². The smallest absolute Gasteiger partial charge is 0.162 e. The van der Waals surface area contributed by atoms with Gasteiger partial charge in [-0.15, -0.1) is 0 Å². The molecule has 0 aliphatic carbocycles. The van der Waals surface area contributed by atoms with Gasteiger partial charge in [0.2, 0.25) is 0 Å². The molecule has 1 unspecified atom stereocenters. The summed E-state index contributed by atoms with van der Waals surface area (Å²) in [4.78, 5) is 8.02. The molecule has 6 nitrogen and oxygen atoms in total. The fourth-order valence-electron chi connectivity index (χ4n) is 2.47. The Morgan fingerprint density at radius 1 is 1.20 bits per heavy atom. The van der Waals surface area contributed by atoms with Crippen molar-refractivity contribution in [3.8, 4) is 5.69 Å². The SMILES string of the molecule is Cc1nn(-c2ccccc2)c(Cl)c1CS(=O)(=O)C(C)c1cnccn1. The highest BCUT2D eigenvalue weighted by Gasteiger charge is 2.28. The average molecular weight is 377 g/mol. The van der Waals surface area contributed by atoms with Gasteiger partial charge in [0.05, 0.1) is 22.8 Å². The van der Waals surface area contributed by atoms with Gasteiger partial charge in [0.15, 0.2) is 9.84 Å². The molecule has 0 amide bonds. The van der Waals surface area contributed by atoms with Gasteiger partial charge in [0.25, 0.3) is 0 Å². The molecule has 2 aromatic heterocycles. The van der Waals surface area contributed by atoms with Gasteiger partial charge in [-0.2, -0.15) is 5.10 Å². The topological polar surface area (TPSA) is 77.7 Å². The Morgan fingerprint density at radius 2 is 1.92 bits per heavy atom. The Hall–Kier alpha value is -2.25. The Morgan fingerprint density at radius 3 is 2.56 bits per heavy atom. The maximum absolute atomic E-state index is 12.8. The van der Waals surface area contributed by atoms with Crippen molar-refractivity contribution in [2.24, 2.45) is 0 Å².